The lowest BCUT2D eigenvalue weighted by Crippen LogP contribution is -2.27. The van der Waals surface area contributed by atoms with E-state index in [0.29, 0.717) is 22.1 Å². The maximum absolute atomic E-state index is 12.8. The van der Waals surface area contributed by atoms with E-state index in [4.69, 9.17) is 11.6 Å². The molecule has 29 heavy (non-hydrogen) atoms. The molecule has 7 nitrogen and oxygen atoms in total. The molecule has 0 saturated carbocycles. The van der Waals surface area contributed by atoms with Crippen LogP contribution in [0.1, 0.15) is 5.69 Å². The number of hydrogen-bond acceptors (Lipinski definition) is 5. The second-order valence-electron chi connectivity index (χ2n) is 6.07. The summed E-state index contributed by atoms with van der Waals surface area (Å²) >= 11 is 6.82. The van der Waals surface area contributed by atoms with Gasteiger partial charge in [0.2, 0.25) is 0 Å². The number of rotatable bonds is 4. The van der Waals surface area contributed by atoms with E-state index in [2.05, 4.69) is 0 Å². The molecule has 1 aliphatic heterocycles. The fourth-order valence-electron chi connectivity index (χ4n) is 2.92. The highest BCUT2D eigenvalue weighted by molar-refractivity contribution is 8.19. The van der Waals surface area contributed by atoms with Gasteiger partial charge >= 0.3 is 0 Å². The molecule has 9 heteroatoms. The number of carbonyl (C=O) groups is 2. The van der Waals surface area contributed by atoms with Gasteiger partial charge in [-0.1, -0.05) is 17.7 Å². The van der Waals surface area contributed by atoms with E-state index < -0.39 is 16.1 Å². The minimum Gasteiger partial charge on any atom is -0.317 e. The Kier molecular flexibility index (Phi) is 4.96. The number of halogens is 1. The predicted molar refractivity (Wildman–Crippen MR) is 112 cm³/mol. The first-order valence-corrected chi connectivity index (χ1v) is 9.59. The number of hydrogen-bond donors (Lipinski definition) is 0. The van der Waals surface area contributed by atoms with E-state index >= 15 is 0 Å². The summed E-state index contributed by atoms with van der Waals surface area (Å²) in [6, 6.07) is 16.2. The number of amides is 2. The van der Waals surface area contributed by atoms with Crippen molar-refractivity contribution in [3.63, 3.8) is 0 Å². The summed E-state index contributed by atoms with van der Waals surface area (Å²) in [5, 5.41) is 10.9. The van der Waals surface area contributed by atoms with Crippen LogP contribution in [-0.4, -0.2) is 20.6 Å². The van der Waals surface area contributed by atoms with Gasteiger partial charge in [-0.2, -0.15) is 0 Å². The summed E-state index contributed by atoms with van der Waals surface area (Å²) in [7, 11) is 0. The highest BCUT2D eigenvalue weighted by Gasteiger charge is 2.36. The van der Waals surface area contributed by atoms with Crippen molar-refractivity contribution in [2.75, 3.05) is 4.90 Å². The zero-order valence-corrected chi connectivity index (χ0v) is 16.3. The van der Waals surface area contributed by atoms with Crippen molar-refractivity contribution >= 4 is 52.0 Å². The van der Waals surface area contributed by atoms with Crippen LogP contribution in [0.5, 0.6) is 0 Å². The van der Waals surface area contributed by atoms with Crippen molar-refractivity contribution in [3.8, 4) is 5.69 Å². The lowest BCUT2D eigenvalue weighted by atomic mass is 10.2. The summed E-state index contributed by atoms with van der Waals surface area (Å²) in [4.78, 5) is 36.9. The fraction of sp³-hybridized carbons (Fsp3) is 0. The highest BCUT2D eigenvalue weighted by Crippen LogP contribution is 2.36. The number of imide groups is 1. The first-order chi connectivity index (χ1) is 13.9. The van der Waals surface area contributed by atoms with Crippen molar-refractivity contribution in [2.45, 2.75) is 0 Å². The van der Waals surface area contributed by atoms with E-state index in [-0.39, 0.29) is 10.6 Å². The van der Waals surface area contributed by atoms with E-state index in [1.165, 1.54) is 12.1 Å². The average Bonchev–Trinajstić information content (AvgIpc) is 3.26. The zero-order valence-electron chi connectivity index (χ0n) is 14.7. The Hall–Kier alpha value is -3.36. The third-order valence-corrected chi connectivity index (χ3v) is 5.36. The maximum atomic E-state index is 12.8. The minimum atomic E-state index is -0.466. The van der Waals surface area contributed by atoms with E-state index in [9.17, 15) is 19.7 Å². The van der Waals surface area contributed by atoms with Crippen LogP contribution < -0.4 is 4.90 Å². The topological polar surface area (TPSA) is 85.5 Å². The largest absolute Gasteiger partial charge is 0.317 e. The summed E-state index contributed by atoms with van der Waals surface area (Å²) in [5.74, 6) is -0.432. The molecule has 2 amide bonds. The van der Waals surface area contributed by atoms with Gasteiger partial charge in [0.05, 0.1) is 15.5 Å². The van der Waals surface area contributed by atoms with Crippen LogP contribution in [0.25, 0.3) is 11.8 Å². The molecule has 3 aromatic rings. The molecular weight excluding hydrogens is 414 g/mol. The van der Waals surface area contributed by atoms with Gasteiger partial charge in [-0.15, -0.1) is 0 Å². The number of non-ortho nitro benzene ring substituents is 1. The predicted octanol–water partition coefficient (Wildman–Crippen LogP) is 5.28. The number of aromatic nitrogens is 1. The number of nitrogens with zero attached hydrogens (tertiary/aromatic N) is 3. The lowest BCUT2D eigenvalue weighted by Gasteiger charge is -2.12. The molecule has 2 aromatic carbocycles. The summed E-state index contributed by atoms with van der Waals surface area (Å²) in [6.07, 6.45) is 3.39. The molecule has 0 N–H and O–H groups in total. The van der Waals surface area contributed by atoms with Crippen molar-refractivity contribution in [2.24, 2.45) is 0 Å². The Morgan fingerprint density at radius 1 is 1.00 bits per heavy atom. The van der Waals surface area contributed by atoms with Gasteiger partial charge in [-0.3, -0.25) is 19.7 Å². The second-order valence-corrected chi connectivity index (χ2v) is 7.50. The molecule has 1 aliphatic rings. The quantitative estimate of drug-likeness (QED) is 0.322. The van der Waals surface area contributed by atoms with Crippen LogP contribution in [0.3, 0.4) is 0 Å². The normalized spacial score (nSPS) is 15.3. The van der Waals surface area contributed by atoms with E-state index in [1.54, 1.807) is 65.4 Å². The standard InChI is InChI=1S/C20H12ClN3O4S/c21-13-3-1-4-17(11-13)23-19(25)18(29-20(23)26)12-16-5-2-10-22(16)14-6-8-15(9-7-14)24(27)28/h1-12H/b18-12+. The minimum absolute atomic E-state index is 0.00917. The molecule has 1 saturated heterocycles. The van der Waals surface area contributed by atoms with Gasteiger partial charge in [0.1, 0.15) is 0 Å². The van der Waals surface area contributed by atoms with E-state index in [0.717, 1.165) is 16.7 Å². The molecule has 0 aliphatic carbocycles. The van der Waals surface area contributed by atoms with Gasteiger partial charge < -0.3 is 4.57 Å². The summed E-state index contributed by atoms with van der Waals surface area (Å²) in [6.45, 7) is 0. The SMILES string of the molecule is O=C1S/C(=C/c2cccn2-c2ccc([N+](=O)[O-])cc2)C(=O)N1c1cccc(Cl)c1. The number of carbonyl (C=O) groups excluding carboxylic acids is 2. The molecule has 144 valence electrons. The van der Waals surface area contributed by atoms with Crippen LogP contribution in [-0.2, 0) is 4.79 Å². The Bertz CT molecular complexity index is 1170. The van der Waals surface area contributed by atoms with Crippen LogP contribution in [0.2, 0.25) is 5.02 Å². The molecule has 4 rings (SSSR count). The molecule has 0 spiro atoms. The zero-order chi connectivity index (χ0) is 20.5. The third kappa shape index (κ3) is 3.67. The molecule has 0 radical (unpaired) electrons. The van der Waals surface area contributed by atoms with E-state index in [1.807, 2.05) is 0 Å². The number of nitro groups is 1. The average molecular weight is 426 g/mol. The number of thioether (sulfide) groups is 1. The molecule has 2 heterocycles. The molecule has 1 aromatic heterocycles. The Morgan fingerprint density at radius 2 is 1.76 bits per heavy atom. The monoisotopic (exact) mass is 425 g/mol. The van der Waals surface area contributed by atoms with Crippen LogP contribution >= 0.6 is 23.4 Å². The van der Waals surface area contributed by atoms with Gasteiger partial charge in [0, 0.05) is 34.7 Å². The van der Waals surface area contributed by atoms with Crippen LogP contribution in [0, 0.1) is 10.1 Å². The lowest BCUT2D eigenvalue weighted by molar-refractivity contribution is -0.384. The summed E-state index contributed by atoms with van der Waals surface area (Å²) in [5.41, 5.74) is 1.76. The molecule has 0 bridgehead atoms. The first-order valence-electron chi connectivity index (χ1n) is 8.40. The number of anilines is 1. The van der Waals surface area contributed by atoms with Crippen molar-refractivity contribution in [1.82, 2.24) is 4.57 Å². The van der Waals surface area contributed by atoms with Crippen molar-refractivity contribution in [1.29, 1.82) is 0 Å². The summed E-state index contributed by atoms with van der Waals surface area (Å²) < 4.78 is 1.77. The Labute approximate surface area is 174 Å². The van der Waals surface area contributed by atoms with Gasteiger partial charge in [0.15, 0.2) is 0 Å². The third-order valence-electron chi connectivity index (χ3n) is 4.26. The van der Waals surface area contributed by atoms with Crippen LogP contribution in [0.15, 0.2) is 71.8 Å². The molecule has 1 fully saturated rings. The maximum Gasteiger partial charge on any atom is 0.298 e. The van der Waals surface area contributed by atoms with Crippen molar-refractivity contribution in [3.05, 3.63) is 92.6 Å². The molecule has 0 atom stereocenters. The molecule has 0 unspecified atom stereocenters. The van der Waals surface area contributed by atoms with Crippen molar-refractivity contribution < 1.29 is 14.5 Å². The first kappa shape index (κ1) is 19.0. The molecular formula is C20H12ClN3O4S. The fourth-order valence-corrected chi connectivity index (χ4v) is 3.93. The number of benzene rings is 2. The van der Waals surface area contributed by atoms with Crippen LogP contribution in [0.4, 0.5) is 16.2 Å². The Balaban J connectivity index is 1.66. The Morgan fingerprint density at radius 3 is 2.45 bits per heavy atom. The highest BCUT2D eigenvalue weighted by atomic mass is 35.5. The van der Waals surface area contributed by atoms with Gasteiger partial charge in [-0.05, 0) is 60.3 Å². The smallest absolute Gasteiger partial charge is 0.298 e. The second kappa shape index (κ2) is 7.57. The van der Waals surface area contributed by atoms with Gasteiger partial charge in [0.25, 0.3) is 16.8 Å². The van der Waals surface area contributed by atoms with Gasteiger partial charge in [-0.25, -0.2) is 4.90 Å². The number of nitro benzene ring substituents is 1.